The topological polar surface area (TPSA) is 87.7 Å². The highest BCUT2D eigenvalue weighted by molar-refractivity contribution is 7.89. The van der Waals surface area contributed by atoms with Crippen LogP contribution in [0.1, 0.15) is 23.2 Å². The minimum absolute atomic E-state index is 0. The van der Waals surface area contributed by atoms with E-state index in [9.17, 15) is 13.2 Å². The highest BCUT2D eigenvalue weighted by Crippen LogP contribution is 2.18. The van der Waals surface area contributed by atoms with Crippen LogP contribution in [-0.2, 0) is 14.8 Å². The first-order valence-electron chi connectivity index (χ1n) is 8.27. The van der Waals surface area contributed by atoms with Gasteiger partial charge in [-0.25, -0.2) is 8.42 Å². The highest BCUT2D eigenvalue weighted by Gasteiger charge is 2.25. The number of sulfonamides is 1. The van der Waals surface area contributed by atoms with Crippen LogP contribution in [0.15, 0.2) is 29.2 Å². The summed E-state index contributed by atoms with van der Waals surface area (Å²) in [6.07, 6.45) is 1.60. The van der Waals surface area contributed by atoms with Crippen molar-refractivity contribution in [2.45, 2.75) is 23.8 Å². The van der Waals surface area contributed by atoms with Gasteiger partial charge in [0.05, 0.1) is 11.5 Å². The van der Waals surface area contributed by atoms with Gasteiger partial charge in [-0.3, -0.25) is 4.79 Å². The molecule has 0 aliphatic carbocycles. The number of amides is 1. The average Bonchev–Trinajstić information content (AvgIpc) is 2.93. The molecule has 0 saturated carbocycles. The molecule has 9 heteroatoms. The minimum Gasteiger partial charge on any atom is -0.380 e. The van der Waals surface area contributed by atoms with Gasteiger partial charge in [0.1, 0.15) is 0 Å². The predicted molar refractivity (Wildman–Crippen MR) is 96.6 cm³/mol. The largest absolute Gasteiger partial charge is 0.380 e. The summed E-state index contributed by atoms with van der Waals surface area (Å²) in [6, 6.07) is 6.28. The number of hydrogen-bond donors (Lipinski definition) is 2. The van der Waals surface area contributed by atoms with Crippen LogP contribution in [-0.4, -0.2) is 64.1 Å². The van der Waals surface area contributed by atoms with E-state index in [1.54, 1.807) is 12.1 Å². The number of hydrogen-bond acceptors (Lipinski definition) is 5. The zero-order valence-corrected chi connectivity index (χ0v) is 15.6. The van der Waals surface area contributed by atoms with Crippen molar-refractivity contribution in [3.63, 3.8) is 0 Å². The lowest BCUT2D eigenvalue weighted by Gasteiger charge is -2.19. The third-order valence-corrected chi connectivity index (χ3v) is 6.24. The van der Waals surface area contributed by atoms with Crippen molar-refractivity contribution in [1.82, 2.24) is 14.9 Å². The summed E-state index contributed by atoms with van der Waals surface area (Å²) in [4.78, 5) is 12.4. The van der Waals surface area contributed by atoms with E-state index in [-0.39, 0.29) is 29.3 Å². The number of carbonyl (C=O) groups is 1. The molecule has 2 heterocycles. The van der Waals surface area contributed by atoms with Crippen molar-refractivity contribution in [3.8, 4) is 0 Å². The Morgan fingerprint density at radius 3 is 2.64 bits per heavy atom. The van der Waals surface area contributed by atoms with E-state index in [0.29, 0.717) is 38.3 Å². The van der Waals surface area contributed by atoms with Crippen LogP contribution in [0.4, 0.5) is 0 Å². The average molecular weight is 390 g/mol. The summed E-state index contributed by atoms with van der Waals surface area (Å²) in [5.74, 6) is -0.171. The highest BCUT2D eigenvalue weighted by atomic mass is 35.5. The van der Waals surface area contributed by atoms with Gasteiger partial charge in [-0.15, -0.1) is 12.4 Å². The lowest BCUT2D eigenvalue weighted by atomic mass is 10.2. The normalized spacial score (nSPS) is 22.0. The zero-order chi connectivity index (χ0) is 17.0. The first kappa shape index (κ1) is 20.1. The second-order valence-corrected chi connectivity index (χ2v) is 8.00. The van der Waals surface area contributed by atoms with E-state index >= 15 is 0 Å². The molecular formula is C16H24ClN3O4S. The Bertz CT molecular complexity index is 667. The van der Waals surface area contributed by atoms with Gasteiger partial charge in [0.2, 0.25) is 10.0 Å². The molecule has 1 aromatic carbocycles. The summed E-state index contributed by atoms with van der Waals surface area (Å²) in [5.41, 5.74) is 0.472. The van der Waals surface area contributed by atoms with Crippen LogP contribution in [0.2, 0.25) is 0 Å². The summed E-state index contributed by atoms with van der Waals surface area (Å²) in [7, 11) is -3.54. The molecule has 0 spiro atoms. The molecule has 0 bridgehead atoms. The number of ether oxygens (including phenoxy) is 1. The Morgan fingerprint density at radius 1 is 1.20 bits per heavy atom. The third kappa shape index (κ3) is 4.92. The van der Waals surface area contributed by atoms with Crippen molar-refractivity contribution < 1.29 is 17.9 Å². The summed E-state index contributed by atoms with van der Waals surface area (Å²) < 4.78 is 32.1. The van der Waals surface area contributed by atoms with Gasteiger partial charge in [-0.1, -0.05) is 0 Å². The molecule has 0 aromatic heterocycles. The molecule has 2 N–H and O–H groups in total. The van der Waals surface area contributed by atoms with Gasteiger partial charge in [0.15, 0.2) is 0 Å². The van der Waals surface area contributed by atoms with Crippen LogP contribution >= 0.6 is 12.4 Å². The predicted octanol–water partition coefficient (Wildman–Crippen LogP) is 0.611. The van der Waals surface area contributed by atoms with Gasteiger partial charge in [0, 0.05) is 37.8 Å². The van der Waals surface area contributed by atoms with E-state index in [0.717, 1.165) is 19.5 Å². The summed E-state index contributed by atoms with van der Waals surface area (Å²) in [5, 5.41) is 6.14. The second kappa shape index (κ2) is 8.95. The molecule has 7 nitrogen and oxygen atoms in total. The van der Waals surface area contributed by atoms with E-state index in [1.807, 2.05) is 0 Å². The maximum atomic E-state index is 12.7. The molecule has 1 aromatic rings. The molecule has 1 amide bonds. The van der Waals surface area contributed by atoms with E-state index in [1.165, 1.54) is 16.4 Å². The third-order valence-electron chi connectivity index (χ3n) is 4.33. The number of rotatable bonds is 4. The van der Waals surface area contributed by atoms with Crippen LogP contribution in [0.5, 0.6) is 0 Å². The van der Waals surface area contributed by atoms with Gasteiger partial charge in [-0.2, -0.15) is 4.31 Å². The van der Waals surface area contributed by atoms with Gasteiger partial charge in [-0.05, 0) is 43.7 Å². The van der Waals surface area contributed by atoms with E-state index in [2.05, 4.69) is 10.6 Å². The first-order chi connectivity index (χ1) is 11.6. The van der Waals surface area contributed by atoms with Crippen molar-refractivity contribution >= 4 is 28.3 Å². The molecular weight excluding hydrogens is 366 g/mol. The molecule has 25 heavy (non-hydrogen) atoms. The molecule has 0 radical (unpaired) electrons. The Morgan fingerprint density at radius 2 is 1.96 bits per heavy atom. The molecule has 3 rings (SSSR count). The molecule has 2 fully saturated rings. The van der Waals surface area contributed by atoms with E-state index < -0.39 is 10.0 Å². The van der Waals surface area contributed by atoms with Gasteiger partial charge in [0.25, 0.3) is 5.91 Å². The van der Waals surface area contributed by atoms with Gasteiger partial charge < -0.3 is 15.4 Å². The Kier molecular flexibility index (Phi) is 7.21. The number of nitrogens with one attached hydrogen (secondary N) is 2. The standard InChI is InChI=1S/C16H23N3O4S.ClH/c20-16(18-14-6-7-17-12-14)13-2-4-15(5-3-13)24(21,22)19-8-1-10-23-11-9-19;/h2-5,14,17H,1,6-12H2,(H,18,20);1H/t14-;/m0./s1. The molecule has 1 atom stereocenters. The maximum absolute atomic E-state index is 12.7. The maximum Gasteiger partial charge on any atom is 0.251 e. The van der Waals surface area contributed by atoms with Crippen molar-refractivity contribution in [2.75, 3.05) is 39.4 Å². The SMILES string of the molecule is Cl.O=C(N[C@H]1CCNC1)c1ccc(S(=O)(=O)N2CCCOCC2)cc1. The fourth-order valence-electron chi connectivity index (χ4n) is 2.94. The van der Waals surface area contributed by atoms with Crippen molar-refractivity contribution in [1.29, 1.82) is 0 Å². The van der Waals surface area contributed by atoms with Crippen LogP contribution < -0.4 is 10.6 Å². The van der Waals surface area contributed by atoms with Crippen LogP contribution in [0, 0.1) is 0 Å². The second-order valence-electron chi connectivity index (χ2n) is 6.06. The number of nitrogens with zero attached hydrogens (tertiary/aromatic N) is 1. The molecule has 2 saturated heterocycles. The lowest BCUT2D eigenvalue weighted by Crippen LogP contribution is -2.36. The Balaban J connectivity index is 0.00000225. The molecule has 2 aliphatic heterocycles. The molecule has 0 unspecified atom stereocenters. The molecule has 140 valence electrons. The van der Waals surface area contributed by atoms with Crippen LogP contribution in [0.3, 0.4) is 0 Å². The van der Waals surface area contributed by atoms with E-state index in [4.69, 9.17) is 4.74 Å². The first-order valence-corrected chi connectivity index (χ1v) is 9.71. The molecule has 2 aliphatic rings. The summed E-state index contributed by atoms with van der Waals surface area (Å²) in [6.45, 7) is 3.49. The van der Waals surface area contributed by atoms with Crippen LogP contribution in [0.25, 0.3) is 0 Å². The smallest absolute Gasteiger partial charge is 0.251 e. The number of halogens is 1. The Hall–Kier alpha value is -1.19. The summed E-state index contributed by atoms with van der Waals surface area (Å²) >= 11 is 0. The quantitative estimate of drug-likeness (QED) is 0.787. The van der Waals surface area contributed by atoms with Gasteiger partial charge >= 0.3 is 0 Å². The minimum atomic E-state index is -3.54. The zero-order valence-electron chi connectivity index (χ0n) is 13.9. The monoisotopic (exact) mass is 389 g/mol. The van der Waals surface area contributed by atoms with Crippen molar-refractivity contribution in [3.05, 3.63) is 29.8 Å². The lowest BCUT2D eigenvalue weighted by molar-refractivity contribution is 0.0940. The number of carbonyl (C=O) groups excluding carboxylic acids is 1. The fraction of sp³-hybridized carbons (Fsp3) is 0.562. The fourth-order valence-corrected chi connectivity index (χ4v) is 4.40. The number of benzene rings is 1. The Labute approximate surface area is 154 Å². The van der Waals surface area contributed by atoms with Crippen molar-refractivity contribution in [2.24, 2.45) is 0 Å².